The number of rotatable bonds is 5. The summed E-state index contributed by atoms with van der Waals surface area (Å²) in [5.74, 6) is -0.0781. The first kappa shape index (κ1) is 26.0. The Morgan fingerprint density at radius 2 is 1.65 bits per heavy atom. The lowest BCUT2D eigenvalue weighted by atomic mass is 9.99. The number of amides is 1. The van der Waals surface area contributed by atoms with Gasteiger partial charge in [-0.25, -0.2) is 9.37 Å². The van der Waals surface area contributed by atoms with Crippen LogP contribution in [0.4, 0.5) is 4.39 Å². The number of halogens is 1. The second kappa shape index (κ2) is 10.7. The number of benzene rings is 4. The number of nitrogens with zero attached hydrogens (tertiary/aromatic N) is 3. The molecule has 40 heavy (non-hydrogen) atoms. The molecular weight excluding hydrogens is 521 g/mol. The lowest BCUT2D eigenvalue weighted by Crippen LogP contribution is -2.36. The van der Waals surface area contributed by atoms with Gasteiger partial charge < -0.3 is 4.90 Å². The average Bonchev–Trinajstić information content (AvgIpc) is 2.95. The quantitative estimate of drug-likeness (QED) is 0.182. The van der Waals surface area contributed by atoms with Crippen LogP contribution in [-0.2, 0) is 18.7 Å². The van der Waals surface area contributed by atoms with Crippen LogP contribution < -0.4 is 5.56 Å². The highest BCUT2D eigenvalue weighted by Crippen LogP contribution is 2.27. The summed E-state index contributed by atoms with van der Waals surface area (Å²) >= 11 is 1.30. The van der Waals surface area contributed by atoms with E-state index in [-0.39, 0.29) is 17.3 Å². The Hall–Kier alpha value is -4.23. The zero-order chi connectivity index (χ0) is 27.8. The number of carbonyl (C=O) groups excluding carboxylic acids is 1. The number of hydrogen-bond donors (Lipinski definition) is 0. The summed E-state index contributed by atoms with van der Waals surface area (Å²) in [6.07, 6.45) is 0.811. The lowest BCUT2D eigenvalue weighted by Gasteiger charge is -2.29. The van der Waals surface area contributed by atoms with E-state index in [1.54, 1.807) is 41.0 Å². The SMILES string of the molecule is Cc1cc(C)cc(-n2c(SCc3ccccc3F)nc3cc(C(=O)N4CCc5ccccc5C4)ccc3c2=O)c1. The van der Waals surface area contributed by atoms with E-state index in [2.05, 4.69) is 12.1 Å². The molecule has 0 unspecified atom stereocenters. The van der Waals surface area contributed by atoms with Crippen molar-refractivity contribution in [2.45, 2.75) is 37.7 Å². The summed E-state index contributed by atoms with van der Waals surface area (Å²) in [6.45, 7) is 5.16. The Morgan fingerprint density at radius 3 is 2.42 bits per heavy atom. The van der Waals surface area contributed by atoms with Gasteiger partial charge in [-0.2, -0.15) is 0 Å². The minimum absolute atomic E-state index is 0.0859. The number of aryl methyl sites for hydroxylation is 2. The first-order valence-corrected chi connectivity index (χ1v) is 14.2. The van der Waals surface area contributed by atoms with Crippen molar-refractivity contribution in [3.05, 3.63) is 134 Å². The molecule has 0 N–H and O–H groups in total. The Labute approximate surface area is 236 Å². The third-order valence-corrected chi connectivity index (χ3v) is 8.27. The number of carbonyl (C=O) groups is 1. The van der Waals surface area contributed by atoms with Gasteiger partial charge >= 0.3 is 0 Å². The van der Waals surface area contributed by atoms with Crippen LogP contribution in [0.2, 0.25) is 0 Å². The first-order valence-electron chi connectivity index (χ1n) is 13.2. The van der Waals surface area contributed by atoms with Crippen molar-refractivity contribution < 1.29 is 9.18 Å². The predicted octanol–water partition coefficient (Wildman–Crippen LogP) is 6.63. The van der Waals surface area contributed by atoms with E-state index in [1.807, 2.05) is 49.1 Å². The van der Waals surface area contributed by atoms with Gasteiger partial charge in [0.25, 0.3) is 11.5 Å². The number of thioether (sulfide) groups is 1. The van der Waals surface area contributed by atoms with Crippen molar-refractivity contribution in [3.8, 4) is 5.69 Å². The number of aromatic nitrogens is 2. The molecule has 0 atom stereocenters. The van der Waals surface area contributed by atoms with Crippen LogP contribution in [0.3, 0.4) is 0 Å². The molecule has 4 aromatic carbocycles. The first-order chi connectivity index (χ1) is 19.4. The molecule has 2 heterocycles. The highest BCUT2D eigenvalue weighted by molar-refractivity contribution is 7.98. The van der Waals surface area contributed by atoms with E-state index >= 15 is 0 Å². The molecule has 0 spiro atoms. The molecule has 1 aliphatic heterocycles. The molecule has 1 aliphatic rings. The van der Waals surface area contributed by atoms with E-state index in [9.17, 15) is 14.0 Å². The number of hydrogen-bond acceptors (Lipinski definition) is 4. The number of fused-ring (bicyclic) bond motifs is 2. The van der Waals surface area contributed by atoms with Crippen LogP contribution >= 0.6 is 11.8 Å². The molecular formula is C33H28FN3O2S. The Bertz CT molecular complexity index is 1810. The summed E-state index contributed by atoms with van der Waals surface area (Å²) in [7, 11) is 0. The van der Waals surface area contributed by atoms with Crippen LogP contribution in [0.1, 0.15) is 38.2 Å². The maximum absolute atomic E-state index is 14.4. The van der Waals surface area contributed by atoms with Crippen LogP contribution in [-0.4, -0.2) is 26.9 Å². The largest absolute Gasteiger partial charge is 0.334 e. The second-order valence-electron chi connectivity index (χ2n) is 10.2. The van der Waals surface area contributed by atoms with Gasteiger partial charge in [0.1, 0.15) is 5.82 Å². The van der Waals surface area contributed by atoms with Gasteiger partial charge in [-0.1, -0.05) is 60.3 Å². The zero-order valence-corrected chi connectivity index (χ0v) is 23.2. The summed E-state index contributed by atoms with van der Waals surface area (Å²) in [5.41, 5.74) is 6.43. The molecule has 5 nitrogen and oxygen atoms in total. The third-order valence-electron chi connectivity index (χ3n) is 7.28. The summed E-state index contributed by atoms with van der Waals surface area (Å²) < 4.78 is 16.0. The van der Waals surface area contributed by atoms with Crippen molar-refractivity contribution in [2.24, 2.45) is 0 Å². The molecule has 0 aliphatic carbocycles. The van der Waals surface area contributed by atoms with Crippen molar-refractivity contribution in [3.63, 3.8) is 0 Å². The molecule has 0 saturated carbocycles. The predicted molar refractivity (Wildman–Crippen MR) is 158 cm³/mol. The van der Waals surface area contributed by atoms with Crippen molar-refractivity contribution >= 4 is 28.6 Å². The van der Waals surface area contributed by atoms with Gasteiger partial charge in [-0.15, -0.1) is 0 Å². The van der Waals surface area contributed by atoms with Gasteiger partial charge in [-0.05, 0) is 84.5 Å². The van der Waals surface area contributed by atoms with Crippen molar-refractivity contribution in [1.82, 2.24) is 14.5 Å². The highest BCUT2D eigenvalue weighted by Gasteiger charge is 2.23. The van der Waals surface area contributed by atoms with Gasteiger partial charge in [-0.3, -0.25) is 14.2 Å². The summed E-state index contributed by atoms with van der Waals surface area (Å²) in [6, 6.07) is 25.9. The fourth-order valence-corrected chi connectivity index (χ4v) is 6.31. The van der Waals surface area contributed by atoms with E-state index < -0.39 is 0 Å². The average molecular weight is 550 g/mol. The monoisotopic (exact) mass is 549 g/mol. The van der Waals surface area contributed by atoms with Crippen LogP contribution in [0, 0.1) is 19.7 Å². The Balaban J connectivity index is 1.41. The van der Waals surface area contributed by atoms with Crippen LogP contribution in [0.5, 0.6) is 0 Å². The molecule has 0 bridgehead atoms. The molecule has 0 fully saturated rings. The fraction of sp³-hybridized carbons (Fsp3) is 0.182. The van der Waals surface area contributed by atoms with Gasteiger partial charge in [0.2, 0.25) is 0 Å². The van der Waals surface area contributed by atoms with Crippen LogP contribution in [0.25, 0.3) is 16.6 Å². The standard InChI is InChI=1S/C33H28FN3O2S/c1-21-15-22(2)17-27(16-21)37-32(39)28-12-11-24(31(38)36-14-13-23-7-3-4-8-25(23)19-36)18-30(28)35-33(37)40-20-26-9-5-6-10-29(26)34/h3-12,15-18H,13-14,19-20H2,1-2H3. The zero-order valence-electron chi connectivity index (χ0n) is 22.4. The third kappa shape index (κ3) is 5.05. The van der Waals surface area contributed by atoms with E-state index in [1.165, 1.54) is 23.4 Å². The van der Waals surface area contributed by atoms with Gasteiger partial charge in [0.05, 0.1) is 16.6 Å². The smallest absolute Gasteiger partial charge is 0.266 e. The topological polar surface area (TPSA) is 55.2 Å². The highest BCUT2D eigenvalue weighted by atomic mass is 32.2. The van der Waals surface area contributed by atoms with Gasteiger partial charge in [0, 0.05) is 24.4 Å². The van der Waals surface area contributed by atoms with E-state index in [4.69, 9.17) is 4.98 Å². The molecule has 1 aromatic heterocycles. The van der Waals surface area contributed by atoms with Crippen molar-refractivity contribution in [2.75, 3.05) is 6.54 Å². The van der Waals surface area contributed by atoms with Gasteiger partial charge in [0.15, 0.2) is 5.16 Å². The fourth-order valence-electron chi connectivity index (χ4n) is 5.31. The second-order valence-corrected chi connectivity index (χ2v) is 11.2. The summed E-state index contributed by atoms with van der Waals surface area (Å²) in [5, 5.41) is 0.872. The molecule has 7 heteroatoms. The maximum atomic E-state index is 14.4. The minimum Gasteiger partial charge on any atom is -0.334 e. The normalized spacial score (nSPS) is 12.9. The molecule has 1 amide bonds. The minimum atomic E-state index is -0.299. The molecule has 0 saturated heterocycles. The molecule has 200 valence electrons. The Morgan fingerprint density at radius 1 is 0.925 bits per heavy atom. The van der Waals surface area contributed by atoms with E-state index in [0.29, 0.717) is 51.7 Å². The molecule has 5 aromatic rings. The van der Waals surface area contributed by atoms with Crippen molar-refractivity contribution in [1.29, 1.82) is 0 Å². The maximum Gasteiger partial charge on any atom is 0.266 e. The Kier molecular flexibility index (Phi) is 6.98. The lowest BCUT2D eigenvalue weighted by molar-refractivity contribution is 0.0735. The summed E-state index contributed by atoms with van der Waals surface area (Å²) in [4.78, 5) is 34.1. The molecule has 0 radical (unpaired) electrons. The molecule has 6 rings (SSSR count). The van der Waals surface area contributed by atoms with E-state index in [0.717, 1.165) is 23.1 Å². The van der Waals surface area contributed by atoms with Crippen LogP contribution in [0.15, 0.2) is 94.9 Å².